The third-order valence-corrected chi connectivity index (χ3v) is 12.9. The van der Waals surface area contributed by atoms with E-state index in [1.54, 1.807) is 4.90 Å². The molecule has 1 unspecified atom stereocenters. The summed E-state index contributed by atoms with van der Waals surface area (Å²) in [5.41, 5.74) is 1.44. The normalized spacial score (nSPS) is 22.4. The monoisotopic (exact) mass is 758 g/mol. The van der Waals surface area contributed by atoms with Crippen LogP contribution in [0.2, 0.25) is 0 Å². The Morgan fingerprint density at radius 3 is 2.13 bits per heavy atom. The van der Waals surface area contributed by atoms with Gasteiger partial charge in [-0.05, 0) is 64.9 Å². The summed E-state index contributed by atoms with van der Waals surface area (Å²) in [7, 11) is -2.06. The summed E-state index contributed by atoms with van der Waals surface area (Å²) in [6.45, 7) is 16.3. The Labute approximate surface area is 316 Å². The van der Waals surface area contributed by atoms with Crippen LogP contribution in [0.1, 0.15) is 85.8 Å². The van der Waals surface area contributed by atoms with E-state index in [9.17, 15) is 32.4 Å². The average molecular weight is 759 g/mol. The highest BCUT2D eigenvalue weighted by molar-refractivity contribution is 7.88. The second-order valence-corrected chi connectivity index (χ2v) is 19.6. The molecule has 0 spiro atoms. The first-order valence-corrected chi connectivity index (χ1v) is 20.9. The molecular weight excluding hydrogens is 697 g/mol. The Hall–Kier alpha value is -3.52. The molecule has 0 aromatic heterocycles. The SMILES string of the molecule is CCCCC(NC(=O)[C@@H]1[C@@H]2[C@H](CN1C(=O)[C@@H](NC(=O)N[C@H](CN(C)S(C)(=O)=O)C(C)(C)C)C1Cc3ccccc3C1)C2(C)C)C(=O)C(=O)NCC(C)C. The fraction of sp³-hybridized carbons (Fsp3) is 0.718. The van der Waals surface area contributed by atoms with E-state index in [0.717, 1.165) is 23.8 Å². The number of urea groups is 1. The van der Waals surface area contributed by atoms with Gasteiger partial charge >= 0.3 is 6.03 Å². The number of likely N-dealkylation sites (tertiary alicyclic amines) is 1. The molecule has 2 fully saturated rings. The molecule has 0 bridgehead atoms. The Kier molecular flexibility index (Phi) is 13.1. The zero-order valence-electron chi connectivity index (χ0n) is 33.2. The second kappa shape index (κ2) is 16.5. The van der Waals surface area contributed by atoms with Crippen LogP contribution in [0.4, 0.5) is 4.79 Å². The van der Waals surface area contributed by atoms with Crippen LogP contribution in [0, 0.1) is 34.5 Å². The van der Waals surface area contributed by atoms with Gasteiger partial charge in [0, 0.05) is 32.7 Å². The van der Waals surface area contributed by atoms with Gasteiger partial charge in [-0.15, -0.1) is 0 Å². The fourth-order valence-corrected chi connectivity index (χ4v) is 8.37. The number of likely N-dealkylation sites (N-methyl/N-ethyl adjacent to an activating group) is 1. The summed E-state index contributed by atoms with van der Waals surface area (Å²) in [6, 6.07) is 3.81. The molecule has 1 saturated heterocycles. The van der Waals surface area contributed by atoms with Crippen LogP contribution in [0.25, 0.3) is 0 Å². The predicted molar refractivity (Wildman–Crippen MR) is 204 cm³/mol. The minimum atomic E-state index is -3.52. The topological polar surface area (TPSA) is 174 Å². The molecule has 1 aromatic carbocycles. The lowest BCUT2D eigenvalue weighted by Gasteiger charge is -2.37. The van der Waals surface area contributed by atoms with E-state index < -0.39 is 63.2 Å². The van der Waals surface area contributed by atoms with Crippen molar-refractivity contribution in [2.24, 2.45) is 34.5 Å². The van der Waals surface area contributed by atoms with Gasteiger partial charge in [0.15, 0.2) is 0 Å². The van der Waals surface area contributed by atoms with Gasteiger partial charge in [0.05, 0.1) is 12.3 Å². The lowest BCUT2D eigenvalue weighted by atomic mass is 9.86. The van der Waals surface area contributed by atoms with Crippen molar-refractivity contribution in [3.8, 4) is 0 Å². The van der Waals surface area contributed by atoms with Gasteiger partial charge in [-0.1, -0.05) is 92.5 Å². The number of hydrogen-bond donors (Lipinski definition) is 4. The number of sulfonamides is 1. The zero-order valence-corrected chi connectivity index (χ0v) is 34.1. The van der Waals surface area contributed by atoms with Crippen molar-refractivity contribution in [3.05, 3.63) is 35.4 Å². The van der Waals surface area contributed by atoms with Crippen LogP contribution >= 0.6 is 0 Å². The van der Waals surface area contributed by atoms with Crippen molar-refractivity contribution in [2.45, 2.75) is 112 Å². The number of fused-ring (bicyclic) bond motifs is 2. The van der Waals surface area contributed by atoms with Crippen molar-refractivity contribution in [1.29, 1.82) is 0 Å². The van der Waals surface area contributed by atoms with Crippen LogP contribution < -0.4 is 21.3 Å². The van der Waals surface area contributed by atoms with Crippen LogP contribution in [0.3, 0.4) is 0 Å². The Morgan fingerprint density at radius 2 is 1.60 bits per heavy atom. The van der Waals surface area contributed by atoms with E-state index in [1.807, 2.05) is 65.8 Å². The average Bonchev–Trinajstić information content (AvgIpc) is 3.42. The summed E-state index contributed by atoms with van der Waals surface area (Å²) in [5, 5.41) is 11.5. The standard InChI is InChI=1S/C39H62N6O7S/c1-11-12-17-28(33(46)35(48)40-20-23(2)3)41-34(47)32-30-27(39(30,7)8)21-45(32)36(49)31(26-18-24-15-13-14-16-25(24)19-26)43-37(50)42-29(38(4,5)6)22-44(9)53(10,51)52/h13-16,23,26-32H,11-12,17-22H2,1-10H3,(H,40,48)(H,41,47)(H2,42,43,50)/t27-,28?,29+,30-,31-,32-/m0/s1. The lowest BCUT2D eigenvalue weighted by Crippen LogP contribution is -2.61. The van der Waals surface area contributed by atoms with E-state index in [4.69, 9.17) is 0 Å². The number of nitrogens with one attached hydrogen (secondary N) is 4. The number of unbranched alkanes of at least 4 members (excludes halogenated alkanes) is 1. The lowest BCUT2D eigenvalue weighted by molar-refractivity contribution is -0.144. The molecular formula is C39H62N6O7S. The van der Waals surface area contributed by atoms with Gasteiger partial charge in [-0.25, -0.2) is 17.5 Å². The summed E-state index contributed by atoms with van der Waals surface area (Å²) >= 11 is 0. The molecule has 13 nitrogen and oxygen atoms in total. The number of Topliss-reactive ketones (excluding diaryl/α,β-unsaturated/α-hetero) is 1. The third-order valence-electron chi connectivity index (χ3n) is 11.6. The number of hydrogen-bond acceptors (Lipinski definition) is 7. The molecule has 3 aliphatic rings. The number of carbonyl (C=O) groups is 5. The number of ketones is 1. The Balaban J connectivity index is 1.61. The van der Waals surface area contributed by atoms with Gasteiger partial charge in [-0.2, -0.15) is 0 Å². The van der Waals surface area contributed by atoms with E-state index in [-0.39, 0.29) is 41.5 Å². The molecule has 2 aliphatic carbocycles. The number of amides is 5. The summed E-state index contributed by atoms with van der Waals surface area (Å²) in [5.74, 6) is -2.56. The van der Waals surface area contributed by atoms with Crippen LogP contribution in [-0.2, 0) is 42.0 Å². The molecule has 296 valence electrons. The highest BCUT2D eigenvalue weighted by Crippen LogP contribution is 2.65. The number of nitrogens with zero attached hydrogens (tertiary/aromatic N) is 2. The van der Waals surface area contributed by atoms with E-state index in [1.165, 1.54) is 11.4 Å². The van der Waals surface area contributed by atoms with Gasteiger partial charge in [0.1, 0.15) is 12.1 Å². The summed E-state index contributed by atoms with van der Waals surface area (Å²) in [4.78, 5) is 70.7. The van der Waals surface area contributed by atoms with Crippen molar-refractivity contribution >= 4 is 39.6 Å². The maximum Gasteiger partial charge on any atom is 0.315 e. The second-order valence-electron chi connectivity index (χ2n) is 17.6. The van der Waals surface area contributed by atoms with E-state index >= 15 is 0 Å². The molecule has 53 heavy (non-hydrogen) atoms. The zero-order chi connectivity index (χ0) is 39.6. The van der Waals surface area contributed by atoms with Gasteiger partial charge in [-0.3, -0.25) is 19.2 Å². The number of piperidine rings is 1. The van der Waals surface area contributed by atoms with Crippen LogP contribution in [0.5, 0.6) is 0 Å². The fourth-order valence-electron chi connectivity index (χ4n) is 7.95. The van der Waals surface area contributed by atoms with Crippen molar-refractivity contribution in [3.63, 3.8) is 0 Å². The Bertz CT molecular complexity index is 1630. The molecule has 4 rings (SSSR count). The number of rotatable bonds is 16. The minimum Gasteiger partial charge on any atom is -0.349 e. The number of carbonyl (C=O) groups excluding carboxylic acids is 5. The first-order chi connectivity index (χ1) is 24.6. The smallest absolute Gasteiger partial charge is 0.315 e. The number of benzene rings is 1. The molecule has 6 atom stereocenters. The van der Waals surface area contributed by atoms with Gasteiger partial charge in [0.2, 0.25) is 27.6 Å². The molecule has 1 saturated carbocycles. The maximum absolute atomic E-state index is 14.8. The Morgan fingerprint density at radius 1 is 1.00 bits per heavy atom. The molecule has 1 aromatic rings. The van der Waals surface area contributed by atoms with E-state index in [2.05, 4.69) is 35.1 Å². The molecule has 1 aliphatic heterocycles. The molecule has 1 heterocycles. The first kappa shape index (κ1) is 42.2. The van der Waals surface area contributed by atoms with Crippen molar-refractivity contribution in [1.82, 2.24) is 30.5 Å². The maximum atomic E-state index is 14.8. The molecule has 5 amide bonds. The minimum absolute atomic E-state index is 0.0312. The largest absolute Gasteiger partial charge is 0.349 e. The van der Waals surface area contributed by atoms with Crippen molar-refractivity contribution < 1.29 is 32.4 Å². The highest BCUT2D eigenvalue weighted by Gasteiger charge is 2.69. The van der Waals surface area contributed by atoms with E-state index in [0.29, 0.717) is 38.8 Å². The van der Waals surface area contributed by atoms with Gasteiger partial charge in [0.25, 0.3) is 5.91 Å². The summed E-state index contributed by atoms with van der Waals surface area (Å²) in [6.07, 6.45) is 3.89. The molecule has 0 radical (unpaired) electrons. The first-order valence-electron chi connectivity index (χ1n) is 19.1. The molecule has 14 heteroatoms. The quantitative estimate of drug-likeness (QED) is 0.188. The van der Waals surface area contributed by atoms with Crippen molar-refractivity contribution in [2.75, 3.05) is 32.9 Å². The predicted octanol–water partition coefficient (Wildman–Crippen LogP) is 2.87. The highest BCUT2D eigenvalue weighted by atomic mass is 32.2. The van der Waals surface area contributed by atoms with Crippen LogP contribution in [0.15, 0.2) is 24.3 Å². The third kappa shape index (κ3) is 9.97. The summed E-state index contributed by atoms with van der Waals surface area (Å²) < 4.78 is 25.7. The molecule has 4 N–H and O–H groups in total. The van der Waals surface area contributed by atoms with Crippen LogP contribution in [-0.4, -0.2) is 104 Å². The van der Waals surface area contributed by atoms with Gasteiger partial charge < -0.3 is 26.2 Å².